The van der Waals surface area contributed by atoms with Crippen molar-refractivity contribution in [3.05, 3.63) is 103 Å². The number of nitrogens with zero attached hydrogens (tertiary/aromatic N) is 1. The number of sulfone groups is 1. The van der Waals surface area contributed by atoms with E-state index in [0.717, 1.165) is 39.3 Å². The molecule has 2 heterocycles. The van der Waals surface area contributed by atoms with E-state index in [1.165, 1.54) is 0 Å². The van der Waals surface area contributed by atoms with Crippen LogP contribution in [0.15, 0.2) is 101 Å². The molecule has 0 aliphatic carbocycles. The van der Waals surface area contributed by atoms with E-state index < -0.39 is 9.84 Å². The molecule has 4 nitrogen and oxygen atoms in total. The minimum absolute atomic E-state index is 0.100. The molecule has 0 atom stereocenters. The molecule has 6 heteroatoms. The van der Waals surface area contributed by atoms with E-state index in [9.17, 15) is 8.42 Å². The largest absolute Gasteiger partial charge is 0.396 e. The van der Waals surface area contributed by atoms with Gasteiger partial charge in [0.05, 0.1) is 17.1 Å². The van der Waals surface area contributed by atoms with Gasteiger partial charge in [0.2, 0.25) is 0 Å². The van der Waals surface area contributed by atoms with E-state index >= 15 is 0 Å². The Morgan fingerprint density at radius 2 is 1.34 bits per heavy atom. The lowest BCUT2D eigenvalue weighted by Crippen LogP contribution is -2.05. The lowest BCUT2D eigenvalue weighted by atomic mass is 10.00. The maximum atomic E-state index is 13.3. The molecule has 0 aliphatic heterocycles. The van der Waals surface area contributed by atoms with Gasteiger partial charge < -0.3 is 5.73 Å². The molecular weight excluding hydrogens is 436 g/mol. The first-order valence-corrected chi connectivity index (χ1v) is 12.6. The Labute approximate surface area is 190 Å². The van der Waals surface area contributed by atoms with Crippen LogP contribution in [0.4, 0.5) is 5.69 Å². The van der Waals surface area contributed by atoms with E-state index in [1.54, 1.807) is 0 Å². The van der Waals surface area contributed by atoms with Gasteiger partial charge in [-0.2, -0.15) is 0 Å². The lowest BCUT2D eigenvalue weighted by Gasteiger charge is -2.09. The summed E-state index contributed by atoms with van der Waals surface area (Å²) in [7, 11) is -3.63. The molecule has 0 amide bonds. The van der Waals surface area contributed by atoms with Crippen molar-refractivity contribution in [1.82, 2.24) is 4.98 Å². The smallest absolute Gasteiger partial charge is 0.194 e. The van der Waals surface area contributed by atoms with Gasteiger partial charge in [-0.25, -0.2) is 13.4 Å². The summed E-state index contributed by atoms with van der Waals surface area (Å²) in [6, 6.07) is 30.9. The maximum absolute atomic E-state index is 13.3. The highest BCUT2D eigenvalue weighted by molar-refractivity contribution is 7.93. The van der Waals surface area contributed by atoms with Crippen molar-refractivity contribution < 1.29 is 8.42 Å². The number of rotatable bonds is 5. The van der Waals surface area contributed by atoms with Crippen molar-refractivity contribution in [2.24, 2.45) is 0 Å². The fourth-order valence-electron chi connectivity index (χ4n) is 3.79. The van der Waals surface area contributed by atoms with Crippen LogP contribution in [-0.4, -0.2) is 13.4 Å². The summed E-state index contributed by atoms with van der Waals surface area (Å²) in [4.78, 5) is 5.43. The molecule has 0 unspecified atom stereocenters. The van der Waals surface area contributed by atoms with Gasteiger partial charge >= 0.3 is 0 Å². The second-order valence-corrected chi connectivity index (χ2v) is 10.7. The molecule has 2 N–H and O–H groups in total. The highest BCUT2D eigenvalue weighted by Gasteiger charge is 2.26. The number of fused-ring (bicyclic) bond motifs is 1. The zero-order chi connectivity index (χ0) is 22.1. The number of anilines is 1. The standard InChI is InChI=1S/C26H20N2O2S2/c27-24-23-21(19-12-6-2-7-13-19)16-22(20-14-8-3-9-15-20)28-25(23)31-26(24)32(29,30)17-18-10-4-1-5-11-18/h1-16H,17,27H2. The van der Waals surface area contributed by atoms with Crippen LogP contribution in [-0.2, 0) is 15.6 Å². The monoisotopic (exact) mass is 456 g/mol. The molecule has 0 saturated carbocycles. The fraction of sp³-hybridized carbons (Fsp3) is 0.0385. The lowest BCUT2D eigenvalue weighted by molar-refractivity contribution is 0.597. The van der Waals surface area contributed by atoms with Crippen LogP contribution in [0.3, 0.4) is 0 Å². The van der Waals surface area contributed by atoms with E-state index in [0.29, 0.717) is 10.2 Å². The predicted molar refractivity (Wildman–Crippen MR) is 132 cm³/mol. The summed E-state index contributed by atoms with van der Waals surface area (Å²) in [6.45, 7) is 0. The van der Waals surface area contributed by atoms with E-state index in [-0.39, 0.29) is 15.6 Å². The van der Waals surface area contributed by atoms with Gasteiger partial charge in [-0.1, -0.05) is 91.0 Å². The first-order chi connectivity index (χ1) is 15.5. The van der Waals surface area contributed by atoms with Gasteiger partial charge in [0.1, 0.15) is 9.04 Å². The first-order valence-electron chi connectivity index (χ1n) is 10.1. The molecule has 3 aromatic carbocycles. The van der Waals surface area contributed by atoms with Crippen LogP contribution in [0.2, 0.25) is 0 Å². The second-order valence-electron chi connectivity index (χ2n) is 7.52. The molecule has 0 aliphatic rings. The second kappa shape index (κ2) is 8.22. The Hall–Kier alpha value is -3.48. The van der Waals surface area contributed by atoms with Crippen molar-refractivity contribution in [3.8, 4) is 22.4 Å². The van der Waals surface area contributed by atoms with E-state index in [1.807, 2.05) is 97.1 Å². The number of nitrogens with two attached hydrogens (primary N) is 1. The molecule has 0 spiro atoms. The highest BCUT2D eigenvalue weighted by atomic mass is 32.2. The Morgan fingerprint density at radius 3 is 1.97 bits per heavy atom. The number of benzene rings is 3. The summed E-state index contributed by atoms with van der Waals surface area (Å²) in [5.74, 6) is -0.100. The molecule has 0 radical (unpaired) electrons. The minimum Gasteiger partial charge on any atom is -0.396 e. The van der Waals surface area contributed by atoms with Crippen molar-refractivity contribution in [2.45, 2.75) is 9.96 Å². The number of nitrogen functional groups attached to an aromatic ring is 1. The van der Waals surface area contributed by atoms with Crippen molar-refractivity contribution in [1.29, 1.82) is 0 Å². The zero-order valence-electron chi connectivity index (χ0n) is 17.1. The average Bonchev–Trinajstić information content (AvgIpc) is 3.17. The van der Waals surface area contributed by atoms with Gasteiger partial charge in [-0.15, -0.1) is 11.3 Å². The summed E-state index contributed by atoms with van der Waals surface area (Å²) in [5.41, 5.74) is 11.1. The topological polar surface area (TPSA) is 73.1 Å². The van der Waals surface area contributed by atoms with Gasteiger partial charge in [0.15, 0.2) is 9.84 Å². The summed E-state index contributed by atoms with van der Waals surface area (Å²) < 4.78 is 26.8. The summed E-state index contributed by atoms with van der Waals surface area (Å²) >= 11 is 1.14. The van der Waals surface area contributed by atoms with Crippen LogP contribution in [0.5, 0.6) is 0 Å². The number of pyridine rings is 1. The van der Waals surface area contributed by atoms with Gasteiger partial charge in [0, 0.05) is 10.9 Å². The highest BCUT2D eigenvalue weighted by Crippen LogP contribution is 2.43. The molecule has 32 heavy (non-hydrogen) atoms. The zero-order valence-corrected chi connectivity index (χ0v) is 18.7. The van der Waals surface area contributed by atoms with Crippen molar-refractivity contribution in [2.75, 3.05) is 5.73 Å². The van der Waals surface area contributed by atoms with Crippen LogP contribution < -0.4 is 5.73 Å². The van der Waals surface area contributed by atoms with E-state index in [2.05, 4.69) is 0 Å². The normalized spacial score (nSPS) is 11.6. The Bertz CT molecular complexity index is 1500. The number of aromatic nitrogens is 1. The number of hydrogen-bond acceptors (Lipinski definition) is 5. The molecule has 0 bridgehead atoms. The van der Waals surface area contributed by atoms with Crippen molar-refractivity contribution in [3.63, 3.8) is 0 Å². The molecule has 2 aromatic heterocycles. The number of hydrogen-bond donors (Lipinski definition) is 1. The van der Waals surface area contributed by atoms with Crippen molar-refractivity contribution >= 4 is 37.1 Å². The third-order valence-corrected chi connectivity index (χ3v) is 8.71. The van der Waals surface area contributed by atoms with Gasteiger partial charge in [0.25, 0.3) is 0 Å². The summed E-state index contributed by atoms with van der Waals surface area (Å²) in [6.07, 6.45) is 0. The number of thiophene rings is 1. The van der Waals surface area contributed by atoms with Crippen LogP contribution >= 0.6 is 11.3 Å². The van der Waals surface area contributed by atoms with Crippen LogP contribution in [0.25, 0.3) is 32.6 Å². The first kappa shape index (κ1) is 20.4. The molecule has 0 fully saturated rings. The quantitative estimate of drug-likeness (QED) is 0.342. The predicted octanol–water partition coefficient (Wildman–Crippen LogP) is 6.19. The Kier molecular flexibility index (Phi) is 5.25. The van der Waals surface area contributed by atoms with Crippen LogP contribution in [0.1, 0.15) is 5.56 Å². The van der Waals surface area contributed by atoms with Crippen LogP contribution in [0, 0.1) is 0 Å². The Morgan fingerprint density at radius 1 is 0.781 bits per heavy atom. The van der Waals surface area contributed by atoms with Gasteiger partial charge in [-0.05, 0) is 22.8 Å². The van der Waals surface area contributed by atoms with E-state index in [4.69, 9.17) is 10.7 Å². The average molecular weight is 457 g/mol. The van der Waals surface area contributed by atoms with Gasteiger partial charge in [-0.3, -0.25) is 0 Å². The SMILES string of the molecule is Nc1c(S(=O)(=O)Cc2ccccc2)sc2nc(-c3ccccc3)cc(-c3ccccc3)c12. The third-order valence-electron chi connectivity index (χ3n) is 5.30. The Balaban J connectivity index is 1.73. The third kappa shape index (κ3) is 3.79. The molecule has 5 aromatic rings. The molecule has 5 rings (SSSR count). The molecule has 158 valence electrons. The molecule has 0 saturated heterocycles. The maximum Gasteiger partial charge on any atom is 0.194 e. The minimum atomic E-state index is -3.63. The fourth-order valence-corrected chi connectivity index (χ4v) is 6.77. The molecular formula is C26H20N2O2S2. The summed E-state index contributed by atoms with van der Waals surface area (Å²) in [5, 5.41) is 0.688.